The van der Waals surface area contributed by atoms with E-state index in [2.05, 4.69) is 52.8 Å². The van der Waals surface area contributed by atoms with Gasteiger partial charge in [-0.2, -0.15) is 0 Å². The predicted octanol–water partition coefficient (Wildman–Crippen LogP) is 5.40. The lowest BCUT2D eigenvalue weighted by atomic mass is 9.78. The van der Waals surface area contributed by atoms with Crippen LogP contribution in [0.1, 0.15) is 50.0 Å². The third-order valence-electron chi connectivity index (χ3n) is 4.41. The van der Waals surface area contributed by atoms with Crippen LogP contribution in [0, 0.1) is 18.3 Å². The summed E-state index contributed by atoms with van der Waals surface area (Å²) in [6.07, 6.45) is 0.608. The molecule has 20 heavy (non-hydrogen) atoms. The first-order valence-electron chi connectivity index (χ1n) is 7.32. The molecule has 0 saturated heterocycles. The molecular weight excluding hydrogens is 244 g/mol. The zero-order chi connectivity index (χ0) is 14.9. The van der Waals surface area contributed by atoms with Crippen molar-refractivity contribution in [2.45, 2.75) is 41.0 Å². The molecule has 106 valence electrons. The third kappa shape index (κ3) is 2.92. The summed E-state index contributed by atoms with van der Waals surface area (Å²) >= 11 is 0. The molecule has 1 nitrogen and oxygen atoms in total. The second-order valence-electron chi connectivity index (χ2n) is 6.87. The maximum absolute atomic E-state index is 12.6. The maximum atomic E-state index is 12.6. The fraction of sp³-hybridized carbons (Fsp3) is 0.421. The van der Waals surface area contributed by atoms with E-state index < -0.39 is 0 Å². The number of carbonyl (C=O) groups excluding carboxylic acids is 1. The molecule has 2 aromatic rings. The molecule has 0 heterocycles. The first-order chi connectivity index (χ1) is 9.30. The number of aryl methyl sites for hydroxylation is 1. The van der Waals surface area contributed by atoms with E-state index >= 15 is 0 Å². The largest absolute Gasteiger partial charge is 0.294 e. The normalized spacial score (nSPS) is 13.4. The lowest BCUT2D eigenvalue weighted by Gasteiger charge is -2.26. The second kappa shape index (κ2) is 5.40. The lowest BCUT2D eigenvalue weighted by molar-refractivity contribution is 0.0929. The van der Waals surface area contributed by atoms with Gasteiger partial charge in [-0.25, -0.2) is 0 Å². The smallest absolute Gasteiger partial charge is 0.163 e. The van der Waals surface area contributed by atoms with E-state index in [1.54, 1.807) is 0 Å². The number of ketones is 1. The lowest BCUT2D eigenvalue weighted by Crippen LogP contribution is -2.20. The summed E-state index contributed by atoms with van der Waals surface area (Å²) in [6.45, 7) is 10.8. The van der Waals surface area contributed by atoms with Crippen LogP contribution in [0.4, 0.5) is 0 Å². The number of Topliss-reactive ketones (excluding diaryl/α,β-unsaturated/α-hetero) is 1. The van der Waals surface area contributed by atoms with Crippen LogP contribution in [0.15, 0.2) is 36.4 Å². The molecule has 0 bridgehead atoms. The first-order valence-corrected chi connectivity index (χ1v) is 7.32. The van der Waals surface area contributed by atoms with Crippen LogP contribution in [-0.4, -0.2) is 5.78 Å². The Morgan fingerprint density at radius 3 is 2.25 bits per heavy atom. The molecule has 0 N–H and O–H groups in total. The van der Waals surface area contributed by atoms with Crippen molar-refractivity contribution in [3.63, 3.8) is 0 Å². The van der Waals surface area contributed by atoms with Gasteiger partial charge in [0.2, 0.25) is 0 Å². The van der Waals surface area contributed by atoms with Crippen molar-refractivity contribution in [2.24, 2.45) is 11.3 Å². The number of hydrogen-bond acceptors (Lipinski definition) is 1. The van der Waals surface area contributed by atoms with Crippen molar-refractivity contribution in [1.29, 1.82) is 0 Å². The van der Waals surface area contributed by atoms with Crippen LogP contribution >= 0.6 is 0 Å². The monoisotopic (exact) mass is 268 g/mol. The summed E-state index contributed by atoms with van der Waals surface area (Å²) in [6, 6.07) is 12.2. The Kier molecular flexibility index (Phi) is 3.99. The topological polar surface area (TPSA) is 17.1 Å². The number of rotatable bonds is 3. The zero-order valence-corrected chi connectivity index (χ0v) is 13.2. The summed E-state index contributed by atoms with van der Waals surface area (Å²) in [5.41, 5.74) is 2.25. The van der Waals surface area contributed by atoms with E-state index in [0.717, 1.165) is 10.9 Å². The van der Waals surface area contributed by atoms with Crippen molar-refractivity contribution in [3.05, 3.63) is 47.5 Å². The highest BCUT2D eigenvalue weighted by Crippen LogP contribution is 2.31. The minimum atomic E-state index is 0.163. The van der Waals surface area contributed by atoms with Crippen LogP contribution in [-0.2, 0) is 0 Å². The van der Waals surface area contributed by atoms with E-state index in [0.29, 0.717) is 12.3 Å². The van der Waals surface area contributed by atoms with Crippen molar-refractivity contribution in [1.82, 2.24) is 0 Å². The van der Waals surface area contributed by atoms with Crippen LogP contribution in [0.2, 0.25) is 0 Å². The minimum absolute atomic E-state index is 0.163. The van der Waals surface area contributed by atoms with Gasteiger partial charge in [-0.3, -0.25) is 4.79 Å². The first kappa shape index (κ1) is 14.8. The van der Waals surface area contributed by atoms with Crippen LogP contribution in [0.3, 0.4) is 0 Å². The maximum Gasteiger partial charge on any atom is 0.163 e. The SMILES string of the molecule is Cc1ccc(C(=O)CC(C)C(C)(C)C)c2ccccc12. The number of fused-ring (bicyclic) bond motifs is 1. The molecule has 1 heteroatoms. The molecular formula is C19H24O. The van der Waals surface area contributed by atoms with Crippen molar-refractivity contribution in [3.8, 4) is 0 Å². The van der Waals surface area contributed by atoms with Crippen LogP contribution in [0.5, 0.6) is 0 Å². The standard InChI is InChI=1S/C19H24O/c1-13-10-11-17(16-9-7-6-8-15(13)16)18(20)12-14(2)19(3,4)5/h6-11,14H,12H2,1-5H3. The van der Waals surface area contributed by atoms with E-state index in [-0.39, 0.29) is 11.2 Å². The molecule has 0 aliphatic carbocycles. The fourth-order valence-corrected chi connectivity index (χ4v) is 2.39. The number of carbonyl (C=O) groups is 1. The molecule has 0 spiro atoms. The number of hydrogen-bond donors (Lipinski definition) is 0. The van der Waals surface area contributed by atoms with E-state index in [9.17, 15) is 4.79 Å². The minimum Gasteiger partial charge on any atom is -0.294 e. The highest BCUT2D eigenvalue weighted by atomic mass is 16.1. The molecule has 1 unspecified atom stereocenters. The Morgan fingerprint density at radius 1 is 1.05 bits per heavy atom. The van der Waals surface area contributed by atoms with E-state index in [4.69, 9.17) is 0 Å². The van der Waals surface area contributed by atoms with Gasteiger partial charge in [-0.1, -0.05) is 64.1 Å². The van der Waals surface area contributed by atoms with Gasteiger partial charge in [-0.15, -0.1) is 0 Å². The van der Waals surface area contributed by atoms with E-state index in [1.165, 1.54) is 10.9 Å². The molecule has 0 aromatic heterocycles. The molecule has 2 aromatic carbocycles. The highest BCUT2D eigenvalue weighted by Gasteiger charge is 2.23. The van der Waals surface area contributed by atoms with Gasteiger partial charge in [0.1, 0.15) is 0 Å². The van der Waals surface area contributed by atoms with Gasteiger partial charge < -0.3 is 0 Å². The number of benzene rings is 2. The molecule has 0 aliphatic heterocycles. The Bertz CT molecular complexity index is 632. The average molecular weight is 268 g/mol. The quantitative estimate of drug-likeness (QED) is 0.681. The average Bonchev–Trinajstić information content (AvgIpc) is 2.38. The summed E-state index contributed by atoms with van der Waals surface area (Å²) < 4.78 is 0. The fourth-order valence-electron chi connectivity index (χ4n) is 2.39. The molecule has 2 rings (SSSR count). The van der Waals surface area contributed by atoms with Gasteiger partial charge in [0.05, 0.1) is 0 Å². The Morgan fingerprint density at radius 2 is 1.65 bits per heavy atom. The van der Waals surface area contributed by atoms with Crippen molar-refractivity contribution >= 4 is 16.6 Å². The van der Waals surface area contributed by atoms with Gasteiger partial charge in [0, 0.05) is 12.0 Å². The van der Waals surface area contributed by atoms with Crippen molar-refractivity contribution < 1.29 is 4.79 Å². The van der Waals surface area contributed by atoms with E-state index in [1.807, 2.05) is 18.2 Å². The Hall–Kier alpha value is -1.63. The molecule has 1 atom stereocenters. The summed E-state index contributed by atoms with van der Waals surface area (Å²) in [7, 11) is 0. The Labute approximate surface area is 122 Å². The summed E-state index contributed by atoms with van der Waals surface area (Å²) in [5.74, 6) is 0.624. The van der Waals surface area contributed by atoms with Gasteiger partial charge in [0.15, 0.2) is 5.78 Å². The molecule has 0 fully saturated rings. The second-order valence-corrected chi connectivity index (χ2v) is 6.87. The molecule has 0 saturated carbocycles. The predicted molar refractivity (Wildman–Crippen MR) is 86.3 cm³/mol. The van der Waals surface area contributed by atoms with Crippen LogP contribution in [0.25, 0.3) is 10.8 Å². The highest BCUT2D eigenvalue weighted by molar-refractivity contribution is 6.08. The van der Waals surface area contributed by atoms with Gasteiger partial charge >= 0.3 is 0 Å². The molecule has 0 aliphatic rings. The molecule has 0 amide bonds. The van der Waals surface area contributed by atoms with Crippen LogP contribution < -0.4 is 0 Å². The van der Waals surface area contributed by atoms with Gasteiger partial charge in [0.25, 0.3) is 0 Å². The summed E-state index contributed by atoms with van der Waals surface area (Å²) in [5, 5.41) is 2.26. The zero-order valence-electron chi connectivity index (χ0n) is 13.2. The summed E-state index contributed by atoms with van der Waals surface area (Å²) in [4.78, 5) is 12.6. The Balaban J connectivity index is 2.39. The van der Waals surface area contributed by atoms with Crippen molar-refractivity contribution in [2.75, 3.05) is 0 Å². The van der Waals surface area contributed by atoms with Gasteiger partial charge in [-0.05, 0) is 34.6 Å². The third-order valence-corrected chi connectivity index (χ3v) is 4.41. The molecule has 0 radical (unpaired) electrons.